The lowest BCUT2D eigenvalue weighted by molar-refractivity contribution is -0.123. The normalized spacial score (nSPS) is 11.5. The highest BCUT2D eigenvalue weighted by molar-refractivity contribution is 7.80. The van der Waals surface area contributed by atoms with E-state index < -0.39 is 11.2 Å². The fraction of sp³-hybridized carbons (Fsp3) is 0.529. The molecule has 0 saturated heterocycles. The van der Waals surface area contributed by atoms with Crippen molar-refractivity contribution in [1.29, 1.82) is 0 Å². The molecule has 0 aliphatic carbocycles. The van der Waals surface area contributed by atoms with Crippen molar-refractivity contribution in [2.24, 2.45) is 11.3 Å². The first kappa shape index (κ1) is 19.8. The fourth-order valence-corrected chi connectivity index (χ4v) is 2.04. The van der Waals surface area contributed by atoms with E-state index in [0.29, 0.717) is 29.6 Å². The van der Waals surface area contributed by atoms with E-state index in [0.717, 1.165) is 0 Å². The predicted molar refractivity (Wildman–Crippen MR) is 96.6 cm³/mol. The lowest BCUT2D eigenvalue weighted by Gasteiger charge is -2.19. The van der Waals surface area contributed by atoms with E-state index in [2.05, 4.69) is 5.32 Å². The van der Waals surface area contributed by atoms with Gasteiger partial charge in [0.1, 0.15) is 5.82 Å². The summed E-state index contributed by atoms with van der Waals surface area (Å²) in [5.74, 6) is -0.494. The first-order valence-electron chi connectivity index (χ1n) is 7.45. The third kappa shape index (κ3) is 6.43. The summed E-state index contributed by atoms with van der Waals surface area (Å²) in [6.07, 6.45) is 0.291. The van der Waals surface area contributed by atoms with E-state index in [9.17, 15) is 9.18 Å². The molecule has 0 saturated carbocycles. The number of nitrogens with one attached hydrogen (secondary N) is 1. The minimum atomic E-state index is -0.623. The monoisotopic (exact) mass is 359 g/mol. The van der Waals surface area contributed by atoms with Gasteiger partial charge < -0.3 is 10.1 Å². The van der Waals surface area contributed by atoms with Gasteiger partial charge in [-0.25, -0.2) is 4.39 Å². The molecule has 0 fully saturated rings. The predicted octanol–water partition coefficient (Wildman–Crippen LogP) is 5.01. The van der Waals surface area contributed by atoms with Gasteiger partial charge in [-0.3, -0.25) is 4.79 Å². The van der Waals surface area contributed by atoms with Crippen molar-refractivity contribution in [1.82, 2.24) is 0 Å². The standard InChI is InChI=1S/C17H23ClFNO2S/c1-10(2)9-22-15(23)7-11-6-14(13(19)8-12(11)18)20-16(21)17(3,4)5/h6,8,10H,7,9H2,1-5H3,(H,20,21). The Hall–Kier alpha value is -1.20. The molecule has 1 N–H and O–H groups in total. The van der Waals surface area contributed by atoms with Crippen molar-refractivity contribution < 1.29 is 13.9 Å². The number of rotatable bonds is 5. The van der Waals surface area contributed by atoms with Crippen molar-refractivity contribution >= 4 is 40.5 Å². The SMILES string of the molecule is CC(C)COC(=S)Cc1cc(NC(=O)C(C)(C)C)c(F)cc1Cl. The molecule has 1 amide bonds. The molecule has 0 aromatic heterocycles. The van der Waals surface area contributed by atoms with Crippen molar-refractivity contribution in [3.8, 4) is 0 Å². The average molecular weight is 360 g/mol. The number of halogens is 2. The van der Waals surface area contributed by atoms with Crippen molar-refractivity contribution in [3.05, 3.63) is 28.5 Å². The molecule has 1 rings (SSSR count). The van der Waals surface area contributed by atoms with Crippen LogP contribution in [0.5, 0.6) is 0 Å². The van der Waals surface area contributed by atoms with Crippen LogP contribution in [0.25, 0.3) is 0 Å². The Balaban J connectivity index is 2.91. The molecule has 3 nitrogen and oxygen atoms in total. The second kappa shape index (κ2) is 8.06. The van der Waals surface area contributed by atoms with Gasteiger partial charge in [0.25, 0.3) is 0 Å². The number of hydrogen-bond acceptors (Lipinski definition) is 3. The number of ether oxygens (including phenoxy) is 1. The van der Waals surface area contributed by atoms with Crippen molar-refractivity contribution in [2.45, 2.75) is 41.0 Å². The maximum atomic E-state index is 14.0. The molecule has 0 radical (unpaired) electrons. The minimum Gasteiger partial charge on any atom is -0.486 e. The third-order valence-corrected chi connectivity index (χ3v) is 3.59. The topological polar surface area (TPSA) is 38.3 Å². The van der Waals surface area contributed by atoms with E-state index in [1.807, 2.05) is 13.8 Å². The maximum Gasteiger partial charge on any atom is 0.229 e. The van der Waals surface area contributed by atoms with Gasteiger partial charge in [-0.05, 0) is 35.8 Å². The smallest absolute Gasteiger partial charge is 0.229 e. The van der Waals surface area contributed by atoms with Gasteiger partial charge in [-0.1, -0.05) is 46.2 Å². The van der Waals surface area contributed by atoms with E-state index in [1.165, 1.54) is 12.1 Å². The molecule has 1 aromatic carbocycles. The molecular formula is C17H23ClFNO2S. The Morgan fingerprint density at radius 3 is 2.52 bits per heavy atom. The summed E-state index contributed by atoms with van der Waals surface area (Å²) < 4.78 is 19.5. The van der Waals surface area contributed by atoms with Gasteiger partial charge >= 0.3 is 0 Å². The summed E-state index contributed by atoms with van der Waals surface area (Å²) in [4.78, 5) is 12.0. The highest BCUT2D eigenvalue weighted by Crippen LogP contribution is 2.27. The largest absolute Gasteiger partial charge is 0.486 e. The molecule has 23 heavy (non-hydrogen) atoms. The number of carbonyl (C=O) groups excluding carboxylic acids is 1. The van der Waals surface area contributed by atoms with Gasteiger partial charge in [-0.15, -0.1) is 0 Å². The van der Waals surface area contributed by atoms with Crippen LogP contribution >= 0.6 is 23.8 Å². The molecule has 6 heteroatoms. The van der Waals surface area contributed by atoms with Crippen LogP contribution in [0.1, 0.15) is 40.2 Å². The molecule has 0 spiro atoms. The average Bonchev–Trinajstić information content (AvgIpc) is 2.40. The quantitative estimate of drug-likeness (QED) is 0.751. The zero-order valence-electron chi connectivity index (χ0n) is 14.1. The van der Waals surface area contributed by atoms with Crippen LogP contribution in [0.2, 0.25) is 5.02 Å². The lowest BCUT2D eigenvalue weighted by Crippen LogP contribution is -2.28. The number of hydrogen-bond donors (Lipinski definition) is 1. The van der Waals surface area contributed by atoms with Crippen LogP contribution in [0, 0.1) is 17.2 Å². The Morgan fingerprint density at radius 2 is 2.00 bits per heavy atom. The number of carbonyl (C=O) groups is 1. The van der Waals surface area contributed by atoms with E-state index >= 15 is 0 Å². The number of benzene rings is 1. The van der Waals surface area contributed by atoms with Crippen molar-refractivity contribution in [2.75, 3.05) is 11.9 Å². The van der Waals surface area contributed by atoms with Gasteiger partial charge in [0.05, 0.1) is 12.3 Å². The van der Waals surface area contributed by atoms with Crippen molar-refractivity contribution in [3.63, 3.8) is 0 Å². The van der Waals surface area contributed by atoms with Crippen LogP contribution < -0.4 is 5.32 Å². The zero-order valence-corrected chi connectivity index (χ0v) is 15.7. The molecule has 0 aliphatic heterocycles. The zero-order chi connectivity index (χ0) is 17.8. The molecule has 1 aromatic rings. The second-order valence-electron chi connectivity index (χ2n) is 6.88. The Kier molecular flexibility index (Phi) is 6.96. The number of anilines is 1. The Morgan fingerprint density at radius 1 is 1.39 bits per heavy atom. The first-order chi connectivity index (χ1) is 10.5. The maximum absolute atomic E-state index is 14.0. The third-order valence-electron chi connectivity index (χ3n) is 2.98. The summed E-state index contributed by atoms with van der Waals surface area (Å²) in [6.45, 7) is 9.83. The van der Waals surface area contributed by atoms with Crippen LogP contribution in [0.15, 0.2) is 12.1 Å². The molecule has 128 valence electrons. The summed E-state index contributed by atoms with van der Waals surface area (Å²) >= 11 is 11.2. The number of amides is 1. The molecule has 0 atom stereocenters. The van der Waals surface area contributed by atoms with Crippen LogP contribution in [0.3, 0.4) is 0 Å². The molecule has 0 bridgehead atoms. The summed E-state index contributed by atoms with van der Waals surface area (Å²) in [6, 6.07) is 2.69. The summed E-state index contributed by atoms with van der Waals surface area (Å²) in [7, 11) is 0. The fourth-order valence-electron chi connectivity index (χ4n) is 1.60. The minimum absolute atomic E-state index is 0.0935. The number of thiocarbonyl (C=S) groups is 1. The van der Waals surface area contributed by atoms with E-state index in [4.69, 9.17) is 28.6 Å². The molecule has 0 unspecified atom stereocenters. The van der Waals surface area contributed by atoms with Gasteiger partial charge in [0, 0.05) is 16.9 Å². The highest BCUT2D eigenvalue weighted by atomic mass is 35.5. The van der Waals surface area contributed by atoms with Gasteiger partial charge in [-0.2, -0.15) is 0 Å². The van der Waals surface area contributed by atoms with E-state index in [1.54, 1.807) is 20.8 Å². The van der Waals surface area contributed by atoms with Crippen LogP contribution in [-0.2, 0) is 16.0 Å². The van der Waals surface area contributed by atoms with E-state index in [-0.39, 0.29) is 16.6 Å². The molecule has 0 heterocycles. The Labute approximate surface area is 147 Å². The van der Waals surface area contributed by atoms with Crippen LogP contribution in [0.4, 0.5) is 10.1 Å². The van der Waals surface area contributed by atoms with Gasteiger partial charge in [0.2, 0.25) is 5.91 Å². The highest BCUT2D eigenvalue weighted by Gasteiger charge is 2.23. The lowest BCUT2D eigenvalue weighted by atomic mass is 9.95. The van der Waals surface area contributed by atoms with Gasteiger partial charge in [0.15, 0.2) is 5.05 Å². The molecule has 0 aliphatic rings. The Bertz CT molecular complexity index is 597. The summed E-state index contributed by atoms with van der Waals surface area (Å²) in [5.41, 5.74) is 0.0871. The van der Waals surface area contributed by atoms with Crippen LogP contribution in [-0.4, -0.2) is 17.6 Å². The second-order valence-corrected chi connectivity index (χ2v) is 7.74. The molecular weight excluding hydrogens is 337 g/mol. The first-order valence-corrected chi connectivity index (χ1v) is 8.24. The summed E-state index contributed by atoms with van der Waals surface area (Å²) in [5, 5.41) is 3.23.